The molecule has 0 spiro atoms. The van der Waals surface area contributed by atoms with Crippen LogP contribution in [0.25, 0.3) is 0 Å². The molecule has 2 rings (SSSR count). The molecule has 0 amide bonds. The standard InChI is InChI=1S/C13H19NO2/c1-10-3-2-4-12(7-10)16-13-5-6-14-8-11(13)9-15/h5-6,8,10,12,15H,2-4,7,9H2,1H3. The highest BCUT2D eigenvalue weighted by molar-refractivity contribution is 5.29. The number of nitrogens with zero attached hydrogens (tertiary/aromatic N) is 1. The molecule has 16 heavy (non-hydrogen) atoms. The van der Waals surface area contributed by atoms with Crippen LogP contribution in [0.1, 0.15) is 38.2 Å². The minimum atomic E-state index is -0.00849. The minimum Gasteiger partial charge on any atom is -0.490 e. The van der Waals surface area contributed by atoms with E-state index in [1.54, 1.807) is 12.4 Å². The zero-order valence-electron chi connectivity index (χ0n) is 9.72. The summed E-state index contributed by atoms with van der Waals surface area (Å²) in [7, 11) is 0. The Bertz CT molecular complexity index is 340. The molecule has 1 aromatic heterocycles. The molecule has 1 N–H and O–H groups in total. The number of pyridine rings is 1. The van der Waals surface area contributed by atoms with Crippen LogP contribution in [0.2, 0.25) is 0 Å². The Morgan fingerprint density at radius 3 is 3.12 bits per heavy atom. The van der Waals surface area contributed by atoms with E-state index in [0.29, 0.717) is 6.10 Å². The van der Waals surface area contributed by atoms with E-state index in [1.165, 1.54) is 12.8 Å². The molecule has 0 bridgehead atoms. The van der Waals surface area contributed by atoms with Crippen LogP contribution >= 0.6 is 0 Å². The van der Waals surface area contributed by atoms with Crippen LogP contribution in [0.5, 0.6) is 5.75 Å². The summed E-state index contributed by atoms with van der Waals surface area (Å²) in [5, 5.41) is 9.18. The van der Waals surface area contributed by atoms with E-state index in [1.807, 2.05) is 6.07 Å². The van der Waals surface area contributed by atoms with Crippen LogP contribution in [0.15, 0.2) is 18.5 Å². The van der Waals surface area contributed by atoms with Crippen LogP contribution in [0, 0.1) is 5.92 Å². The maximum absolute atomic E-state index is 9.18. The Balaban J connectivity index is 2.02. The molecule has 3 heteroatoms. The second kappa shape index (κ2) is 5.30. The number of aliphatic hydroxyl groups excluding tert-OH is 1. The van der Waals surface area contributed by atoms with Gasteiger partial charge in [0.1, 0.15) is 5.75 Å². The molecule has 1 aliphatic rings. The molecule has 2 unspecified atom stereocenters. The molecule has 1 aliphatic carbocycles. The van der Waals surface area contributed by atoms with Gasteiger partial charge in [0.25, 0.3) is 0 Å². The predicted octanol–water partition coefficient (Wildman–Crippen LogP) is 2.53. The highest BCUT2D eigenvalue weighted by Gasteiger charge is 2.20. The first-order chi connectivity index (χ1) is 7.79. The Kier molecular flexibility index (Phi) is 3.78. The van der Waals surface area contributed by atoms with Crippen molar-refractivity contribution in [3.05, 3.63) is 24.0 Å². The lowest BCUT2D eigenvalue weighted by atomic mass is 9.89. The average Bonchev–Trinajstić information content (AvgIpc) is 2.30. The Labute approximate surface area is 96.5 Å². The van der Waals surface area contributed by atoms with Crippen molar-refractivity contribution in [2.75, 3.05) is 0 Å². The molecule has 1 fully saturated rings. The van der Waals surface area contributed by atoms with Crippen LogP contribution < -0.4 is 4.74 Å². The first-order valence-electron chi connectivity index (χ1n) is 6.00. The van der Waals surface area contributed by atoms with Crippen LogP contribution in [-0.2, 0) is 6.61 Å². The van der Waals surface area contributed by atoms with Gasteiger partial charge in [0.2, 0.25) is 0 Å². The third kappa shape index (κ3) is 2.73. The largest absolute Gasteiger partial charge is 0.490 e. The highest BCUT2D eigenvalue weighted by Crippen LogP contribution is 2.28. The van der Waals surface area contributed by atoms with Crippen molar-refractivity contribution in [2.24, 2.45) is 5.92 Å². The lowest BCUT2D eigenvalue weighted by Crippen LogP contribution is -2.24. The van der Waals surface area contributed by atoms with Crippen molar-refractivity contribution in [1.29, 1.82) is 0 Å². The maximum atomic E-state index is 9.18. The minimum absolute atomic E-state index is 0.00849. The van der Waals surface area contributed by atoms with Crippen molar-refractivity contribution in [3.8, 4) is 5.75 Å². The molecular formula is C13H19NO2. The molecule has 88 valence electrons. The van der Waals surface area contributed by atoms with Crippen LogP contribution in [0.3, 0.4) is 0 Å². The van der Waals surface area contributed by atoms with Gasteiger partial charge in [-0.2, -0.15) is 0 Å². The fourth-order valence-corrected chi connectivity index (χ4v) is 2.31. The second-order valence-electron chi connectivity index (χ2n) is 4.65. The molecule has 3 nitrogen and oxygen atoms in total. The van der Waals surface area contributed by atoms with Gasteiger partial charge in [-0.25, -0.2) is 0 Å². The number of ether oxygens (including phenoxy) is 1. The number of aromatic nitrogens is 1. The normalized spacial score (nSPS) is 25.4. The Hall–Kier alpha value is -1.09. The van der Waals surface area contributed by atoms with Gasteiger partial charge in [-0.1, -0.05) is 13.3 Å². The molecule has 1 aromatic rings. The Morgan fingerprint density at radius 1 is 1.50 bits per heavy atom. The van der Waals surface area contributed by atoms with E-state index in [4.69, 9.17) is 4.74 Å². The quantitative estimate of drug-likeness (QED) is 0.852. The lowest BCUT2D eigenvalue weighted by Gasteiger charge is -2.27. The number of hydrogen-bond donors (Lipinski definition) is 1. The number of rotatable bonds is 3. The summed E-state index contributed by atoms with van der Waals surface area (Å²) < 4.78 is 5.95. The highest BCUT2D eigenvalue weighted by atomic mass is 16.5. The summed E-state index contributed by atoms with van der Waals surface area (Å²) in [4.78, 5) is 3.98. The fourth-order valence-electron chi connectivity index (χ4n) is 2.31. The second-order valence-corrected chi connectivity index (χ2v) is 4.65. The van der Waals surface area contributed by atoms with Crippen LogP contribution in [0.4, 0.5) is 0 Å². The maximum Gasteiger partial charge on any atom is 0.128 e. The number of aliphatic hydroxyl groups is 1. The summed E-state index contributed by atoms with van der Waals surface area (Å²) in [6, 6.07) is 1.84. The van der Waals surface area contributed by atoms with Gasteiger partial charge in [0, 0.05) is 18.0 Å². The van der Waals surface area contributed by atoms with Crippen molar-refractivity contribution in [1.82, 2.24) is 4.98 Å². The summed E-state index contributed by atoms with van der Waals surface area (Å²) in [5.41, 5.74) is 0.778. The zero-order chi connectivity index (χ0) is 11.4. The van der Waals surface area contributed by atoms with Gasteiger partial charge in [-0.05, 0) is 31.2 Å². The molecular weight excluding hydrogens is 202 g/mol. The van der Waals surface area contributed by atoms with E-state index in [9.17, 15) is 5.11 Å². The first-order valence-corrected chi connectivity index (χ1v) is 6.00. The van der Waals surface area contributed by atoms with E-state index in [2.05, 4.69) is 11.9 Å². The van der Waals surface area contributed by atoms with E-state index in [0.717, 1.165) is 30.1 Å². The topological polar surface area (TPSA) is 42.4 Å². The molecule has 2 atom stereocenters. The van der Waals surface area contributed by atoms with E-state index < -0.39 is 0 Å². The van der Waals surface area contributed by atoms with E-state index >= 15 is 0 Å². The molecule has 0 aliphatic heterocycles. The summed E-state index contributed by atoms with van der Waals surface area (Å²) in [6.45, 7) is 2.26. The zero-order valence-corrected chi connectivity index (χ0v) is 9.72. The predicted molar refractivity (Wildman–Crippen MR) is 62.2 cm³/mol. The summed E-state index contributed by atoms with van der Waals surface area (Å²) >= 11 is 0. The van der Waals surface area contributed by atoms with Crippen molar-refractivity contribution in [2.45, 2.75) is 45.3 Å². The smallest absolute Gasteiger partial charge is 0.128 e. The monoisotopic (exact) mass is 221 g/mol. The average molecular weight is 221 g/mol. The van der Waals surface area contributed by atoms with Gasteiger partial charge >= 0.3 is 0 Å². The molecule has 0 radical (unpaired) electrons. The summed E-state index contributed by atoms with van der Waals surface area (Å²) in [5.74, 6) is 1.54. The van der Waals surface area contributed by atoms with Crippen molar-refractivity contribution in [3.63, 3.8) is 0 Å². The lowest BCUT2D eigenvalue weighted by molar-refractivity contribution is 0.125. The van der Waals surface area contributed by atoms with Crippen molar-refractivity contribution >= 4 is 0 Å². The molecule has 1 heterocycles. The third-order valence-electron chi connectivity index (χ3n) is 3.21. The van der Waals surface area contributed by atoms with Gasteiger partial charge in [-0.3, -0.25) is 4.98 Å². The molecule has 0 saturated heterocycles. The van der Waals surface area contributed by atoms with Crippen LogP contribution in [-0.4, -0.2) is 16.2 Å². The Morgan fingerprint density at radius 2 is 2.38 bits per heavy atom. The number of hydrogen-bond acceptors (Lipinski definition) is 3. The fraction of sp³-hybridized carbons (Fsp3) is 0.615. The SMILES string of the molecule is CC1CCCC(Oc2ccncc2CO)C1. The van der Waals surface area contributed by atoms with Crippen molar-refractivity contribution < 1.29 is 9.84 Å². The van der Waals surface area contributed by atoms with Gasteiger partial charge < -0.3 is 9.84 Å². The summed E-state index contributed by atoms with van der Waals surface area (Å²) in [6.07, 6.45) is 8.47. The van der Waals surface area contributed by atoms with Gasteiger partial charge in [0.05, 0.1) is 12.7 Å². The van der Waals surface area contributed by atoms with Gasteiger partial charge in [0.15, 0.2) is 0 Å². The molecule has 0 aromatic carbocycles. The third-order valence-corrected chi connectivity index (χ3v) is 3.21. The first kappa shape index (κ1) is 11.4. The van der Waals surface area contributed by atoms with Gasteiger partial charge in [-0.15, -0.1) is 0 Å². The van der Waals surface area contributed by atoms with E-state index in [-0.39, 0.29) is 6.61 Å². The molecule has 1 saturated carbocycles.